The van der Waals surface area contributed by atoms with E-state index in [0.717, 1.165) is 98.9 Å². The van der Waals surface area contributed by atoms with E-state index in [1.54, 1.807) is 24.6 Å². The summed E-state index contributed by atoms with van der Waals surface area (Å²) in [6, 6.07) is 17.6. The first kappa shape index (κ1) is 41.3. The summed E-state index contributed by atoms with van der Waals surface area (Å²) < 4.78 is 5.81. The number of unbranched alkanes of at least 4 members (excludes halogenated alkanes) is 3. The molecule has 11 nitrogen and oxygen atoms in total. The number of halogens is 1. The number of carbonyl (C=O) groups excluding carboxylic acids is 3. The van der Waals surface area contributed by atoms with Gasteiger partial charge in [0.05, 0.1) is 24.4 Å². The van der Waals surface area contributed by atoms with Crippen molar-refractivity contribution in [2.75, 3.05) is 36.9 Å². The van der Waals surface area contributed by atoms with Crippen molar-refractivity contribution in [2.24, 2.45) is 15.2 Å². The van der Waals surface area contributed by atoms with E-state index in [-0.39, 0.29) is 30.7 Å². The highest BCUT2D eigenvalue weighted by Crippen LogP contribution is 2.40. The molecule has 0 fully saturated rings. The summed E-state index contributed by atoms with van der Waals surface area (Å²) in [5, 5.41) is 22.0. The lowest BCUT2D eigenvalue weighted by molar-refractivity contribution is -0.122. The zero-order valence-corrected chi connectivity index (χ0v) is 34.6. The molecule has 5 aromatic rings. The molecular formula is C44H50ClN7O4S. The highest BCUT2D eigenvalue weighted by atomic mass is 35.5. The monoisotopic (exact) mass is 807 g/mol. The van der Waals surface area contributed by atoms with E-state index in [0.29, 0.717) is 30.4 Å². The molecule has 2 atom stereocenters. The maximum Gasteiger partial charge on any atom is 0.222 e. The van der Waals surface area contributed by atoms with Crippen LogP contribution in [-0.2, 0) is 14.4 Å². The standard InChI is InChI=1S/C44H50ClN7O4S/c1-27-28(2)57-44-41(27)43(30-10-14-33(45)15-11-30)50-35(24-52(44)29(3)51-47-5)23-40(55)49-21-9-7-6-8-20-48-34-16-17-36-31(22-34)12-18-38-42(36)37(26-56-38)32(25-53)13-19-39(54)46-4/h10-12,14-18,22,25-26,32,35,48H,5-9,13,19-21,23-24H2,1-4H3,(H,46,54)(H,49,55)/b51-29-/t32?,35-/m0/s1. The normalized spacial score (nSPS) is 14.8. The summed E-state index contributed by atoms with van der Waals surface area (Å²) in [7, 11) is 1.60. The van der Waals surface area contributed by atoms with Gasteiger partial charge < -0.3 is 30.1 Å². The van der Waals surface area contributed by atoms with E-state index in [2.05, 4.69) is 69.8 Å². The third-order valence-electron chi connectivity index (χ3n) is 10.6. The Labute approximate surface area is 342 Å². The number of nitrogens with one attached hydrogen (secondary N) is 3. The van der Waals surface area contributed by atoms with Gasteiger partial charge in [-0.25, -0.2) is 0 Å². The lowest BCUT2D eigenvalue weighted by Crippen LogP contribution is -2.37. The Kier molecular flexibility index (Phi) is 13.9. The number of benzene rings is 3. The fourth-order valence-electron chi connectivity index (χ4n) is 7.36. The Bertz CT molecular complexity index is 2310. The van der Waals surface area contributed by atoms with E-state index < -0.39 is 5.92 Å². The van der Waals surface area contributed by atoms with Crippen LogP contribution < -0.4 is 20.9 Å². The minimum atomic E-state index is -0.426. The second kappa shape index (κ2) is 19.2. The number of thiophene rings is 1. The molecule has 0 radical (unpaired) electrons. The number of amides is 2. The Morgan fingerprint density at radius 2 is 1.84 bits per heavy atom. The second-order valence-corrected chi connectivity index (χ2v) is 16.1. The topological polar surface area (TPSA) is 141 Å². The van der Waals surface area contributed by atoms with Crippen LogP contribution in [0.15, 0.2) is 80.5 Å². The number of fused-ring (bicyclic) bond motifs is 4. The number of aliphatic imine (C=N–C) groups is 1. The summed E-state index contributed by atoms with van der Waals surface area (Å²) >= 11 is 7.94. The average Bonchev–Trinajstić information content (AvgIpc) is 3.72. The van der Waals surface area contributed by atoms with Crippen molar-refractivity contribution in [3.63, 3.8) is 0 Å². The largest absolute Gasteiger partial charge is 0.464 e. The van der Waals surface area contributed by atoms with Crippen LogP contribution in [0.5, 0.6) is 0 Å². The van der Waals surface area contributed by atoms with Gasteiger partial charge in [-0.05, 0) is 86.7 Å². The van der Waals surface area contributed by atoms with Gasteiger partial charge in [0.25, 0.3) is 0 Å². The molecule has 0 saturated carbocycles. The number of aldehydes is 1. The van der Waals surface area contributed by atoms with E-state index in [4.69, 9.17) is 21.0 Å². The van der Waals surface area contributed by atoms with Gasteiger partial charge >= 0.3 is 0 Å². The molecule has 2 amide bonds. The predicted octanol–water partition coefficient (Wildman–Crippen LogP) is 8.97. The van der Waals surface area contributed by atoms with Gasteiger partial charge in [0.2, 0.25) is 11.8 Å². The molecule has 0 saturated heterocycles. The first-order valence-corrected chi connectivity index (χ1v) is 20.6. The highest BCUT2D eigenvalue weighted by molar-refractivity contribution is 7.17. The minimum Gasteiger partial charge on any atom is -0.464 e. The Morgan fingerprint density at radius 3 is 2.58 bits per heavy atom. The molecule has 3 heterocycles. The Morgan fingerprint density at radius 1 is 1.07 bits per heavy atom. The van der Waals surface area contributed by atoms with Crippen LogP contribution in [0.25, 0.3) is 21.7 Å². The van der Waals surface area contributed by atoms with Crippen molar-refractivity contribution in [1.82, 2.24) is 10.6 Å². The van der Waals surface area contributed by atoms with Crippen LogP contribution in [0, 0.1) is 13.8 Å². The number of hydrogen-bond acceptors (Lipinski definition) is 9. The van der Waals surface area contributed by atoms with Gasteiger partial charge in [0.1, 0.15) is 22.7 Å². The van der Waals surface area contributed by atoms with Crippen molar-refractivity contribution in [3.05, 3.63) is 93.0 Å². The average molecular weight is 808 g/mol. The van der Waals surface area contributed by atoms with Crippen LogP contribution in [-0.4, -0.2) is 69.1 Å². The number of hydrogen-bond donors (Lipinski definition) is 3. The Balaban J connectivity index is 0.999. The van der Waals surface area contributed by atoms with Crippen molar-refractivity contribution in [2.45, 2.75) is 77.7 Å². The first-order chi connectivity index (χ1) is 27.6. The summed E-state index contributed by atoms with van der Waals surface area (Å²) in [4.78, 5) is 45.7. The maximum absolute atomic E-state index is 13.3. The number of nitrogens with zero attached hydrogens (tertiary/aromatic N) is 4. The highest BCUT2D eigenvalue weighted by Gasteiger charge is 2.31. The lowest BCUT2D eigenvalue weighted by Gasteiger charge is -2.24. The number of rotatable bonds is 17. The molecule has 0 bridgehead atoms. The predicted molar refractivity (Wildman–Crippen MR) is 235 cm³/mol. The third kappa shape index (κ3) is 9.80. The van der Waals surface area contributed by atoms with Crippen LogP contribution in [0.3, 0.4) is 0 Å². The number of carbonyl (C=O) groups is 3. The van der Waals surface area contributed by atoms with Crippen molar-refractivity contribution >= 4 is 91.7 Å². The van der Waals surface area contributed by atoms with E-state index in [1.807, 2.05) is 43.3 Å². The molecule has 1 unspecified atom stereocenters. The maximum atomic E-state index is 13.3. The number of furan rings is 1. The molecule has 57 heavy (non-hydrogen) atoms. The number of amidine groups is 1. The van der Waals surface area contributed by atoms with Crippen LogP contribution in [0.4, 0.5) is 10.7 Å². The molecule has 3 aromatic carbocycles. The second-order valence-electron chi connectivity index (χ2n) is 14.4. The lowest BCUT2D eigenvalue weighted by atomic mass is 9.92. The smallest absolute Gasteiger partial charge is 0.222 e. The molecule has 3 N–H and O–H groups in total. The van der Waals surface area contributed by atoms with Gasteiger partial charge in [0.15, 0.2) is 0 Å². The van der Waals surface area contributed by atoms with Crippen LogP contribution in [0.2, 0.25) is 5.02 Å². The zero-order chi connectivity index (χ0) is 40.5. The Hall–Kier alpha value is -5.33. The van der Waals surface area contributed by atoms with Crippen LogP contribution in [0.1, 0.15) is 84.9 Å². The van der Waals surface area contributed by atoms with E-state index in [1.165, 1.54) is 4.88 Å². The fourth-order valence-corrected chi connectivity index (χ4v) is 8.70. The summed E-state index contributed by atoms with van der Waals surface area (Å²) in [6.07, 6.45) is 7.38. The molecule has 0 aliphatic carbocycles. The minimum absolute atomic E-state index is 0.0305. The van der Waals surface area contributed by atoms with Crippen molar-refractivity contribution in [1.29, 1.82) is 0 Å². The number of aryl methyl sites for hydroxylation is 1. The molecule has 1 aliphatic rings. The SMILES string of the molecule is C=N/N=C(/C)N1C[C@H](CC(=O)NCCCCCCNc2ccc3c(ccc4occ(C(C=O)CCC(=O)NC)c43)c2)N=C(c2ccc(Cl)cc2)c2c1sc(C)c2C. The van der Waals surface area contributed by atoms with Crippen molar-refractivity contribution < 1.29 is 18.8 Å². The van der Waals surface area contributed by atoms with Gasteiger partial charge in [-0.3, -0.25) is 14.6 Å². The first-order valence-electron chi connectivity index (χ1n) is 19.4. The molecule has 0 spiro atoms. The molecule has 298 valence electrons. The molecule has 13 heteroatoms. The van der Waals surface area contributed by atoms with Crippen LogP contribution >= 0.6 is 22.9 Å². The summed E-state index contributed by atoms with van der Waals surface area (Å²) in [5.74, 6) is 0.149. The van der Waals surface area contributed by atoms with Gasteiger partial charge in [-0.1, -0.05) is 48.7 Å². The van der Waals surface area contributed by atoms with Gasteiger partial charge in [-0.15, -0.1) is 16.4 Å². The van der Waals surface area contributed by atoms with E-state index >= 15 is 0 Å². The zero-order valence-electron chi connectivity index (χ0n) is 33.0. The molecule has 1 aliphatic heterocycles. The molecule has 2 aromatic heterocycles. The van der Waals surface area contributed by atoms with Gasteiger partial charge in [-0.2, -0.15) is 5.10 Å². The summed E-state index contributed by atoms with van der Waals surface area (Å²) in [6.45, 7) is 11.6. The number of anilines is 2. The van der Waals surface area contributed by atoms with Gasteiger partial charge in [0, 0.05) is 83.4 Å². The molecule has 6 rings (SSSR count). The molecular weight excluding hydrogens is 758 g/mol. The van der Waals surface area contributed by atoms with E-state index in [9.17, 15) is 14.4 Å². The summed E-state index contributed by atoms with van der Waals surface area (Å²) in [5.41, 5.74) is 6.54. The van der Waals surface area contributed by atoms with Crippen molar-refractivity contribution in [3.8, 4) is 0 Å². The fraction of sp³-hybridized carbons (Fsp3) is 0.364. The third-order valence-corrected chi connectivity index (χ3v) is 12.0. The quantitative estimate of drug-likeness (QED) is 0.0282.